The van der Waals surface area contributed by atoms with Crippen LogP contribution in [0.3, 0.4) is 0 Å². The molecule has 3 aromatic carbocycles. The van der Waals surface area contributed by atoms with Gasteiger partial charge in [-0.1, -0.05) is 24.3 Å². The lowest BCUT2D eigenvalue weighted by Gasteiger charge is -2.17. The average molecular weight is 487 g/mol. The van der Waals surface area contributed by atoms with Crippen LogP contribution in [0.1, 0.15) is 27.8 Å². The zero-order chi connectivity index (χ0) is 25.1. The molecule has 0 aliphatic carbocycles. The molecule has 0 bridgehead atoms. The summed E-state index contributed by atoms with van der Waals surface area (Å²) in [6, 6.07) is 18.9. The van der Waals surface area contributed by atoms with Gasteiger partial charge in [0.25, 0.3) is 5.91 Å². The Morgan fingerprint density at radius 2 is 1.60 bits per heavy atom. The number of amidine groups is 1. The van der Waals surface area contributed by atoms with Gasteiger partial charge in [0.2, 0.25) is 0 Å². The molecule has 1 saturated heterocycles. The molecule has 1 amide bonds. The highest BCUT2D eigenvalue weighted by Gasteiger charge is 2.35. The van der Waals surface area contributed by atoms with E-state index in [1.54, 1.807) is 29.2 Å². The molecular formula is C28H26N2O4S. The number of hydrogen-bond donors (Lipinski definition) is 1. The van der Waals surface area contributed by atoms with Crippen LogP contribution in [0.5, 0.6) is 5.75 Å². The zero-order valence-corrected chi connectivity index (χ0v) is 20.8. The summed E-state index contributed by atoms with van der Waals surface area (Å²) in [6.45, 7) is 7.76. The molecule has 0 aromatic heterocycles. The number of carboxylic acid groups (broad SMARTS) is 1. The number of anilines is 1. The maximum atomic E-state index is 13.5. The summed E-state index contributed by atoms with van der Waals surface area (Å²) in [4.78, 5) is 31.3. The number of carbonyl (C=O) groups excluding carboxylic acids is 1. The molecular weight excluding hydrogens is 460 g/mol. The number of carbonyl (C=O) groups is 2. The van der Waals surface area contributed by atoms with Gasteiger partial charge in [-0.25, -0.2) is 9.79 Å². The van der Waals surface area contributed by atoms with Crippen molar-refractivity contribution in [3.8, 4) is 5.75 Å². The number of nitrogens with zero attached hydrogens (tertiary/aromatic N) is 2. The third kappa shape index (κ3) is 5.63. The van der Waals surface area contributed by atoms with E-state index in [2.05, 4.69) is 6.92 Å². The third-order valence-corrected chi connectivity index (χ3v) is 6.78. The zero-order valence-electron chi connectivity index (χ0n) is 20.0. The van der Waals surface area contributed by atoms with E-state index in [1.807, 2.05) is 63.2 Å². The van der Waals surface area contributed by atoms with Crippen molar-refractivity contribution in [2.45, 2.75) is 27.7 Å². The van der Waals surface area contributed by atoms with Crippen molar-refractivity contribution in [1.82, 2.24) is 0 Å². The predicted octanol–water partition coefficient (Wildman–Crippen LogP) is 6.19. The summed E-state index contributed by atoms with van der Waals surface area (Å²) >= 11 is 1.33. The van der Waals surface area contributed by atoms with Gasteiger partial charge in [-0.2, -0.15) is 0 Å². The van der Waals surface area contributed by atoms with Crippen LogP contribution in [0.4, 0.5) is 11.4 Å². The Morgan fingerprint density at radius 3 is 2.23 bits per heavy atom. The van der Waals surface area contributed by atoms with Crippen molar-refractivity contribution in [3.05, 3.63) is 93.4 Å². The van der Waals surface area contributed by atoms with Crippen LogP contribution >= 0.6 is 11.8 Å². The minimum atomic E-state index is -1.04. The SMILES string of the molecule is Cc1ccc(N=C2S/C(=C\c3ccc(OCC(=O)O)cc3)C(=O)N2c2ccc(C)c(C)c2)cc1C. The minimum absolute atomic E-state index is 0.146. The topological polar surface area (TPSA) is 79.2 Å². The molecule has 1 fully saturated rings. The summed E-state index contributed by atoms with van der Waals surface area (Å²) in [5.74, 6) is -0.730. The number of thioether (sulfide) groups is 1. The van der Waals surface area contributed by atoms with Crippen molar-refractivity contribution in [2.24, 2.45) is 4.99 Å². The Morgan fingerprint density at radius 1 is 0.943 bits per heavy atom. The van der Waals surface area contributed by atoms with Gasteiger partial charge in [0.1, 0.15) is 5.75 Å². The maximum Gasteiger partial charge on any atom is 0.341 e. The Kier molecular flexibility index (Phi) is 7.07. The number of benzene rings is 3. The van der Waals surface area contributed by atoms with Crippen molar-refractivity contribution in [2.75, 3.05) is 11.5 Å². The number of amides is 1. The van der Waals surface area contributed by atoms with E-state index in [4.69, 9.17) is 14.8 Å². The fourth-order valence-corrected chi connectivity index (χ4v) is 4.50. The first-order valence-electron chi connectivity index (χ1n) is 11.1. The van der Waals surface area contributed by atoms with Gasteiger partial charge in [0.05, 0.1) is 16.3 Å². The molecule has 4 rings (SSSR count). The molecule has 0 radical (unpaired) electrons. The smallest absolute Gasteiger partial charge is 0.341 e. The van der Waals surface area contributed by atoms with Crippen LogP contribution in [-0.4, -0.2) is 28.8 Å². The number of aliphatic carboxylic acids is 1. The van der Waals surface area contributed by atoms with Crippen molar-refractivity contribution >= 4 is 46.3 Å². The maximum absolute atomic E-state index is 13.5. The van der Waals surface area contributed by atoms with Gasteiger partial charge < -0.3 is 9.84 Å². The Labute approximate surface area is 209 Å². The molecule has 0 atom stereocenters. The van der Waals surface area contributed by atoms with E-state index in [9.17, 15) is 9.59 Å². The van der Waals surface area contributed by atoms with E-state index in [0.717, 1.165) is 33.6 Å². The molecule has 1 N–H and O–H groups in total. The Hall–Kier alpha value is -3.84. The molecule has 6 nitrogen and oxygen atoms in total. The molecule has 0 unspecified atom stereocenters. The molecule has 3 aromatic rings. The second-order valence-corrected chi connectivity index (χ2v) is 9.44. The lowest BCUT2D eigenvalue weighted by atomic mass is 10.1. The highest BCUT2D eigenvalue weighted by atomic mass is 32.2. The molecule has 1 heterocycles. The second-order valence-electron chi connectivity index (χ2n) is 8.43. The summed E-state index contributed by atoms with van der Waals surface area (Å²) in [6.07, 6.45) is 1.81. The molecule has 35 heavy (non-hydrogen) atoms. The number of hydrogen-bond acceptors (Lipinski definition) is 5. The fourth-order valence-electron chi connectivity index (χ4n) is 3.50. The molecule has 7 heteroatoms. The van der Waals surface area contributed by atoms with Gasteiger partial charge >= 0.3 is 5.97 Å². The first-order chi connectivity index (χ1) is 16.7. The number of rotatable bonds is 6. The predicted molar refractivity (Wildman–Crippen MR) is 142 cm³/mol. The standard InChI is InChI=1S/C28H26N2O4S/c1-17-5-9-22(13-19(17)3)29-28-30(23-10-6-18(2)20(4)14-23)27(33)25(35-28)15-21-7-11-24(12-8-21)34-16-26(31)32/h5-15H,16H2,1-4H3,(H,31,32)/b25-15-,29-28?. The monoisotopic (exact) mass is 486 g/mol. The largest absolute Gasteiger partial charge is 0.482 e. The van der Waals surface area contributed by atoms with E-state index in [1.165, 1.54) is 17.3 Å². The molecule has 178 valence electrons. The molecule has 0 spiro atoms. The van der Waals surface area contributed by atoms with Crippen LogP contribution < -0.4 is 9.64 Å². The van der Waals surface area contributed by atoms with Gasteiger partial charge in [-0.05, 0) is 110 Å². The van der Waals surface area contributed by atoms with Crippen LogP contribution in [-0.2, 0) is 9.59 Å². The summed E-state index contributed by atoms with van der Waals surface area (Å²) in [5.41, 5.74) is 6.94. The van der Waals surface area contributed by atoms with Gasteiger partial charge in [0, 0.05) is 0 Å². The van der Waals surface area contributed by atoms with E-state index < -0.39 is 12.6 Å². The van der Waals surface area contributed by atoms with E-state index in [0.29, 0.717) is 15.8 Å². The summed E-state index contributed by atoms with van der Waals surface area (Å²) < 4.78 is 5.19. The fraction of sp³-hybridized carbons (Fsp3) is 0.179. The third-order valence-electron chi connectivity index (χ3n) is 5.81. The lowest BCUT2D eigenvalue weighted by molar-refractivity contribution is -0.139. The minimum Gasteiger partial charge on any atom is -0.482 e. The van der Waals surface area contributed by atoms with Gasteiger partial charge in [-0.3, -0.25) is 9.69 Å². The highest BCUT2D eigenvalue weighted by molar-refractivity contribution is 8.19. The average Bonchev–Trinajstić information content (AvgIpc) is 3.12. The summed E-state index contributed by atoms with van der Waals surface area (Å²) in [7, 11) is 0. The van der Waals surface area contributed by atoms with Crippen LogP contribution in [0, 0.1) is 27.7 Å². The summed E-state index contributed by atoms with van der Waals surface area (Å²) in [5, 5.41) is 9.36. The Balaban J connectivity index is 1.70. The van der Waals surface area contributed by atoms with E-state index >= 15 is 0 Å². The first-order valence-corrected chi connectivity index (χ1v) is 11.9. The second kappa shape index (κ2) is 10.2. The number of carboxylic acids is 1. The quantitative estimate of drug-likeness (QED) is 0.420. The van der Waals surface area contributed by atoms with Crippen molar-refractivity contribution in [1.29, 1.82) is 0 Å². The van der Waals surface area contributed by atoms with Gasteiger partial charge in [0.15, 0.2) is 11.8 Å². The van der Waals surface area contributed by atoms with Crippen molar-refractivity contribution in [3.63, 3.8) is 0 Å². The number of aryl methyl sites for hydroxylation is 4. The molecule has 0 saturated carbocycles. The van der Waals surface area contributed by atoms with E-state index in [-0.39, 0.29) is 5.91 Å². The molecule has 1 aliphatic rings. The normalized spacial score (nSPS) is 15.8. The van der Waals surface area contributed by atoms with Crippen molar-refractivity contribution < 1.29 is 19.4 Å². The van der Waals surface area contributed by atoms with Crippen LogP contribution in [0.2, 0.25) is 0 Å². The molecule has 1 aliphatic heterocycles. The number of ether oxygens (including phenoxy) is 1. The Bertz CT molecular complexity index is 1360. The number of aliphatic imine (C=N–C) groups is 1. The highest BCUT2D eigenvalue weighted by Crippen LogP contribution is 2.38. The van der Waals surface area contributed by atoms with Crippen LogP contribution in [0.15, 0.2) is 70.6 Å². The lowest BCUT2D eigenvalue weighted by Crippen LogP contribution is -2.28. The van der Waals surface area contributed by atoms with Gasteiger partial charge in [-0.15, -0.1) is 0 Å². The van der Waals surface area contributed by atoms with Crippen LogP contribution in [0.25, 0.3) is 6.08 Å². The first kappa shape index (κ1) is 24.3.